The lowest BCUT2D eigenvalue weighted by atomic mass is 9.92. The minimum Gasteiger partial charge on any atom is -0.497 e. The zero-order chi connectivity index (χ0) is 25.0. The monoisotopic (exact) mass is 479 g/mol. The first-order valence-corrected chi connectivity index (χ1v) is 11.5. The van der Waals surface area contributed by atoms with Crippen LogP contribution in [0.15, 0.2) is 54.6 Å². The number of hydrazine groups is 1. The maximum atomic E-state index is 13.1. The second kappa shape index (κ2) is 10.1. The highest BCUT2D eigenvalue weighted by atomic mass is 16.5. The Hall–Kier alpha value is -3.92. The van der Waals surface area contributed by atoms with Crippen LogP contribution in [0.5, 0.6) is 5.75 Å². The van der Waals surface area contributed by atoms with Gasteiger partial charge in [-0.15, -0.1) is 0 Å². The molecule has 0 aliphatic carbocycles. The van der Waals surface area contributed by atoms with Crippen molar-refractivity contribution in [2.75, 3.05) is 32.1 Å². The van der Waals surface area contributed by atoms with Gasteiger partial charge in [0.25, 0.3) is 11.8 Å². The summed E-state index contributed by atoms with van der Waals surface area (Å²) in [6.07, 6.45) is 1.49. The Kier molecular flexibility index (Phi) is 7.02. The Morgan fingerprint density at radius 2 is 1.91 bits per heavy atom. The Balaban J connectivity index is 1.35. The van der Waals surface area contributed by atoms with Crippen molar-refractivity contribution in [2.45, 2.75) is 25.3 Å². The van der Waals surface area contributed by atoms with E-state index in [9.17, 15) is 19.2 Å². The molecule has 10 nitrogen and oxygen atoms in total. The number of hydrogen-bond donors (Lipinski definition) is 3. The smallest absolute Gasteiger partial charge is 0.344 e. The first-order chi connectivity index (χ1) is 16.8. The first kappa shape index (κ1) is 24.2. The fourth-order valence-corrected chi connectivity index (χ4v) is 4.41. The van der Waals surface area contributed by atoms with E-state index >= 15 is 0 Å². The van der Waals surface area contributed by atoms with E-state index in [0.29, 0.717) is 29.4 Å². The SMILES string of the molecule is COc1cccc(C2(C)NC(=O)N(NC(=O)CN3CCCC(C(=O)Nc4ccccc4)C3)C2=O)c1. The van der Waals surface area contributed by atoms with Crippen LogP contribution in [0.25, 0.3) is 0 Å². The van der Waals surface area contributed by atoms with E-state index in [-0.39, 0.29) is 18.4 Å². The zero-order valence-electron chi connectivity index (χ0n) is 19.7. The van der Waals surface area contributed by atoms with Gasteiger partial charge >= 0.3 is 6.03 Å². The van der Waals surface area contributed by atoms with Crippen molar-refractivity contribution >= 4 is 29.4 Å². The molecule has 2 aromatic rings. The van der Waals surface area contributed by atoms with Gasteiger partial charge in [0.2, 0.25) is 5.91 Å². The van der Waals surface area contributed by atoms with Gasteiger partial charge in [0.05, 0.1) is 19.6 Å². The third kappa shape index (κ3) is 5.27. The van der Waals surface area contributed by atoms with Crippen LogP contribution in [0.2, 0.25) is 0 Å². The number of methoxy groups -OCH3 is 1. The maximum absolute atomic E-state index is 13.1. The number of nitrogens with zero attached hydrogens (tertiary/aromatic N) is 2. The molecule has 2 aromatic carbocycles. The minimum absolute atomic E-state index is 0.0396. The number of carbonyl (C=O) groups excluding carboxylic acids is 4. The Morgan fingerprint density at radius 1 is 1.14 bits per heavy atom. The average Bonchev–Trinajstić information content (AvgIpc) is 3.08. The van der Waals surface area contributed by atoms with Crippen LogP contribution >= 0.6 is 0 Å². The molecule has 2 fully saturated rings. The molecule has 2 atom stereocenters. The Bertz CT molecular complexity index is 1120. The van der Waals surface area contributed by atoms with Gasteiger partial charge in [-0.2, -0.15) is 5.01 Å². The molecule has 35 heavy (non-hydrogen) atoms. The third-order valence-corrected chi connectivity index (χ3v) is 6.36. The highest BCUT2D eigenvalue weighted by Crippen LogP contribution is 2.30. The average molecular weight is 480 g/mol. The number of piperidine rings is 1. The number of para-hydroxylation sites is 1. The van der Waals surface area contributed by atoms with E-state index in [2.05, 4.69) is 16.1 Å². The van der Waals surface area contributed by atoms with Gasteiger partial charge in [-0.05, 0) is 56.1 Å². The van der Waals surface area contributed by atoms with Gasteiger partial charge in [0.1, 0.15) is 11.3 Å². The standard InChI is InChI=1S/C25H29N5O5/c1-25(18-9-6-12-20(14-18)35-2)23(33)30(24(34)27-25)28-21(31)16-29-13-7-8-17(15-29)22(32)26-19-10-4-3-5-11-19/h3-6,9-12,14,17H,7-8,13,15-16H2,1-2H3,(H,26,32)(H,27,34)(H,28,31). The number of benzene rings is 2. The molecule has 0 bridgehead atoms. The molecule has 2 saturated heterocycles. The predicted molar refractivity (Wildman–Crippen MR) is 128 cm³/mol. The predicted octanol–water partition coefficient (Wildman–Crippen LogP) is 1.84. The van der Waals surface area contributed by atoms with Crippen LogP contribution in [-0.2, 0) is 19.9 Å². The van der Waals surface area contributed by atoms with Crippen LogP contribution in [0.1, 0.15) is 25.3 Å². The fraction of sp³-hybridized carbons (Fsp3) is 0.360. The van der Waals surface area contributed by atoms with Crippen molar-refractivity contribution in [1.29, 1.82) is 0 Å². The highest BCUT2D eigenvalue weighted by Gasteiger charge is 2.50. The van der Waals surface area contributed by atoms with Crippen molar-refractivity contribution in [3.8, 4) is 5.75 Å². The summed E-state index contributed by atoms with van der Waals surface area (Å²) in [6, 6.07) is 15.3. The maximum Gasteiger partial charge on any atom is 0.344 e. The topological polar surface area (TPSA) is 120 Å². The number of rotatable bonds is 7. The molecule has 184 valence electrons. The first-order valence-electron chi connectivity index (χ1n) is 11.5. The van der Waals surface area contributed by atoms with E-state index in [1.165, 1.54) is 7.11 Å². The molecule has 0 spiro atoms. The van der Waals surface area contributed by atoms with E-state index in [4.69, 9.17) is 4.74 Å². The largest absolute Gasteiger partial charge is 0.497 e. The molecule has 2 aliphatic rings. The Morgan fingerprint density at radius 3 is 2.66 bits per heavy atom. The van der Waals surface area contributed by atoms with Crippen LogP contribution in [0.4, 0.5) is 10.5 Å². The highest BCUT2D eigenvalue weighted by molar-refractivity contribution is 6.08. The molecule has 2 unspecified atom stereocenters. The van der Waals surface area contributed by atoms with Crippen molar-refractivity contribution in [1.82, 2.24) is 20.7 Å². The van der Waals surface area contributed by atoms with Crippen LogP contribution in [0.3, 0.4) is 0 Å². The number of hydrogen-bond acceptors (Lipinski definition) is 6. The molecular formula is C25H29N5O5. The number of ether oxygens (including phenoxy) is 1. The summed E-state index contributed by atoms with van der Waals surface area (Å²) in [5.41, 5.74) is 2.34. The third-order valence-electron chi connectivity index (χ3n) is 6.36. The number of anilines is 1. The Labute approximate surface area is 203 Å². The summed E-state index contributed by atoms with van der Waals surface area (Å²) in [4.78, 5) is 52.9. The molecule has 0 aromatic heterocycles. The molecule has 2 aliphatic heterocycles. The minimum atomic E-state index is -1.34. The van der Waals surface area contributed by atoms with E-state index in [1.54, 1.807) is 31.2 Å². The van der Waals surface area contributed by atoms with Gasteiger partial charge < -0.3 is 15.4 Å². The molecule has 5 amide bonds. The van der Waals surface area contributed by atoms with Gasteiger partial charge in [0, 0.05) is 12.2 Å². The van der Waals surface area contributed by atoms with Gasteiger partial charge in [-0.25, -0.2) is 4.79 Å². The second-order valence-corrected chi connectivity index (χ2v) is 8.89. The summed E-state index contributed by atoms with van der Waals surface area (Å²) in [5, 5.41) is 6.27. The molecule has 2 heterocycles. The van der Waals surface area contributed by atoms with Crippen LogP contribution in [0, 0.1) is 5.92 Å². The lowest BCUT2D eigenvalue weighted by molar-refractivity contribution is -0.139. The molecule has 3 N–H and O–H groups in total. The second-order valence-electron chi connectivity index (χ2n) is 8.89. The lowest BCUT2D eigenvalue weighted by Gasteiger charge is -2.31. The molecule has 0 radical (unpaired) electrons. The van der Waals surface area contributed by atoms with Gasteiger partial charge in [-0.1, -0.05) is 30.3 Å². The summed E-state index contributed by atoms with van der Waals surface area (Å²) >= 11 is 0. The van der Waals surface area contributed by atoms with E-state index in [0.717, 1.165) is 18.5 Å². The van der Waals surface area contributed by atoms with Gasteiger partial charge in [0.15, 0.2) is 0 Å². The molecule has 10 heteroatoms. The number of imide groups is 1. The van der Waals surface area contributed by atoms with E-state index < -0.39 is 23.4 Å². The number of nitrogens with one attached hydrogen (secondary N) is 3. The summed E-state index contributed by atoms with van der Waals surface area (Å²) < 4.78 is 5.21. The van der Waals surface area contributed by atoms with Crippen molar-refractivity contribution in [3.63, 3.8) is 0 Å². The van der Waals surface area contributed by atoms with Gasteiger partial charge in [-0.3, -0.25) is 24.7 Å². The molecular weight excluding hydrogens is 450 g/mol. The van der Waals surface area contributed by atoms with E-state index in [1.807, 2.05) is 35.2 Å². The van der Waals surface area contributed by atoms with Crippen molar-refractivity contribution in [3.05, 3.63) is 60.2 Å². The summed E-state index contributed by atoms with van der Waals surface area (Å²) in [6.45, 7) is 2.59. The normalized spacial score (nSPS) is 22.5. The fourth-order valence-electron chi connectivity index (χ4n) is 4.41. The quantitative estimate of drug-likeness (QED) is 0.522. The van der Waals surface area contributed by atoms with Crippen LogP contribution in [-0.4, -0.2) is 60.4 Å². The van der Waals surface area contributed by atoms with Crippen molar-refractivity contribution < 1.29 is 23.9 Å². The number of carbonyl (C=O) groups is 4. The number of urea groups is 1. The summed E-state index contributed by atoms with van der Waals surface area (Å²) in [5.74, 6) is -0.908. The molecule has 0 saturated carbocycles. The van der Waals surface area contributed by atoms with Crippen LogP contribution < -0.4 is 20.8 Å². The number of amides is 5. The lowest BCUT2D eigenvalue weighted by Crippen LogP contribution is -2.52. The van der Waals surface area contributed by atoms with Crippen molar-refractivity contribution in [2.24, 2.45) is 5.92 Å². The molecule has 4 rings (SSSR count). The summed E-state index contributed by atoms with van der Waals surface area (Å²) in [7, 11) is 1.51. The zero-order valence-corrected chi connectivity index (χ0v) is 19.7. The number of likely N-dealkylation sites (tertiary alicyclic amines) is 1.